The summed E-state index contributed by atoms with van der Waals surface area (Å²) in [5.41, 5.74) is 0.849. The summed E-state index contributed by atoms with van der Waals surface area (Å²) in [6, 6.07) is 17.9. The van der Waals surface area contributed by atoms with Crippen LogP contribution in [0.5, 0.6) is 0 Å². The molecule has 2 aromatic heterocycles. The number of aromatic amines is 1. The van der Waals surface area contributed by atoms with Crippen molar-refractivity contribution in [3.8, 4) is 0 Å². The summed E-state index contributed by atoms with van der Waals surface area (Å²) < 4.78 is 34.8. The largest absolute Gasteiger partial charge is 0.353 e. The molecule has 2 N–H and O–H groups in total. The van der Waals surface area contributed by atoms with Crippen molar-refractivity contribution in [1.29, 1.82) is 0 Å². The summed E-state index contributed by atoms with van der Waals surface area (Å²) >= 11 is 1.59. The second-order valence-electron chi connectivity index (χ2n) is 10.2. The van der Waals surface area contributed by atoms with Crippen molar-refractivity contribution < 1.29 is 8.42 Å². The summed E-state index contributed by atoms with van der Waals surface area (Å²) in [6.45, 7) is 5.32. The van der Waals surface area contributed by atoms with Gasteiger partial charge in [0.1, 0.15) is 10.8 Å². The van der Waals surface area contributed by atoms with Gasteiger partial charge in [0.15, 0.2) is 0 Å². The number of para-hydroxylation sites is 1. The maximum absolute atomic E-state index is 12.9. The zero-order chi connectivity index (χ0) is 24.5. The highest BCUT2D eigenvalue weighted by Gasteiger charge is 2.27. The minimum atomic E-state index is -3.53. The summed E-state index contributed by atoms with van der Waals surface area (Å²) in [5, 5.41) is 2.45. The Morgan fingerprint density at radius 3 is 2.53 bits per heavy atom. The van der Waals surface area contributed by atoms with Crippen LogP contribution in [0.3, 0.4) is 0 Å². The highest BCUT2D eigenvalue weighted by Crippen LogP contribution is 2.31. The molecule has 0 amide bonds. The van der Waals surface area contributed by atoms with E-state index >= 15 is 0 Å². The minimum absolute atomic E-state index is 0.0224. The van der Waals surface area contributed by atoms with Crippen LogP contribution in [0.4, 0.5) is 5.82 Å². The Morgan fingerprint density at radius 2 is 1.72 bits per heavy atom. The smallest absolute Gasteiger partial charge is 0.256 e. The third-order valence-electron chi connectivity index (χ3n) is 7.85. The normalized spacial score (nSPS) is 21.9. The van der Waals surface area contributed by atoms with Gasteiger partial charge < -0.3 is 9.88 Å². The zero-order valence-corrected chi connectivity index (χ0v) is 22.0. The Labute approximate surface area is 216 Å². The van der Waals surface area contributed by atoms with Crippen LogP contribution in [0.2, 0.25) is 0 Å². The van der Waals surface area contributed by atoms with Crippen molar-refractivity contribution in [2.75, 3.05) is 37.6 Å². The number of hydrogen-bond acceptors (Lipinski definition) is 6. The average Bonchev–Trinajstić information content (AvgIpc) is 3.54. The maximum atomic E-state index is 12.9. The molecule has 1 saturated heterocycles. The van der Waals surface area contributed by atoms with Gasteiger partial charge in [0.2, 0.25) is 0 Å². The van der Waals surface area contributed by atoms with Crippen molar-refractivity contribution in [3.63, 3.8) is 0 Å². The van der Waals surface area contributed by atoms with Gasteiger partial charge in [-0.25, -0.2) is 13.1 Å². The first-order valence-electron chi connectivity index (χ1n) is 13.0. The number of rotatable bonds is 7. The molecule has 7 nitrogen and oxygen atoms in total. The van der Waals surface area contributed by atoms with Gasteiger partial charge in [-0.2, -0.15) is 4.37 Å². The number of nitrogens with zero attached hydrogens (tertiary/aromatic N) is 3. The van der Waals surface area contributed by atoms with E-state index in [2.05, 4.69) is 43.8 Å². The molecule has 190 valence electrons. The Morgan fingerprint density at radius 1 is 0.972 bits per heavy atom. The fraction of sp³-hybridized carbons (Fsp3) is 0.444. The molecular formula is C27H33N5O2S2. The first-order chi connectivity index (χ1) is 17.5. The standard InChI is InChI=1S/C27H33N5O2S2/c33-36(34,26-19-21-5-1-3-7-24(21)28-26)30-22-11-9-20(10-12-22)13-14-31-15-17-32(18-16-31)27-23-6-2-4-8-25(23)35-29-27/h1-8,19-20,22,28,30H,9-18H2. The molecule has 6 rings (SSSR count). The molecular weight excluding hydrogens is 490 g/mol. The predicted molar refractivity (Wildman–Crippen MR) is 147 cm³/mol. The van der Waals surface area contributed by atoms with E-state index in [0.717, 1.165) is 75.1 Å². The van der Waals surface area contributed by atoms with Crippen molar-refractivity contribution in [1.82, 2.24) is 19.0 Å². The quantitative estimate of drug-likeness (QED) is 0.363. The van der Waals surface area contributed by atoms with Crippen molar-refractivity contribution in [2.24, 2.45) is 5.92 Å². The molecule has 2 fully saturated rings. The van der Waals surface area contributed by atoms with Crippen LogP contribution in [0, 0.1) is 5.92 Å². The molecule has 0 radical (unpaired) electrons. The van der Waals surface area contributed by atoms with E-state index in [1.54, 1.807) is 17.6 Å². The van der Waals surface area contributed by atoms with E-state index < -0.39 is 10.0 Å². The van der Waals surface area contributed by atoms with E-state index in [9.17, 15) is 8.42 Å². The highest BCUT2D eigenvalue weighted by atomic mass is 32.2. The van der Waals surface area contributed by atoms with Crippen LogP contribution in [-0.2, 0) is 10.0 Å². The second kappa shape index (κ2) is 10.1. The van der Waals surface area contributed by atoms with Crippen LogP contribution in [-0.4, -0.2) is 61.4 Å². The van der Waals surface area contributed by atoms with E-state index in [0.29, 0.717) is 5.92 Å². The van der Waals surface area contributed by atoms with Crippen LogP contribution in [0.15, 0.2) is 59.6 Å². The monoisotopic (exact) mass is 523 g/mol. The van der Waals surface area contributed by atoms with Gasteiger partial charge in [0, 0.05) is 48.5 Å². The summed E-state index contributed by atoms with van der Waals surface area (Å²) in [7, 11) is -3.53. The Hall–Kier alpha value is -2.46. The lowest BCUT2D eigenvalue weighted by atomic mass is 9.84. The summed E-state index contributed by atoms with van der Waals surface area (Å²) in [5.74, 6) is 1.82. The number of piperazine rings is 1. The van der Waals surface area contributed by atoms with E-state index in [4.69, 9.17) is 4.37 Å². The third kappa shape index (κ3) is 5.02. The van der Waals surface area contributed by atoms with Crippen LogP contribution >= 0.6 is 11.5 Å². The second-order valence-corrected chi connectivity index (χ2v) is 12.7. The van der Waals surface area contributed by atoms with Crippen LogP contribution in [0.25, 0.3) is 21.0 Å². The Balaban J connectivity index is 0.951. The van der Waals surface area contributed by atoms with Crippen LogP contribution < -0.4 is 9.62 Å². The number of sulfonamides is 1. The van der Waals surface area contributed by atoms with Gasteiger partial charge in [0.05, 0.1) is 4.70 Å². The summed E-state index contributed by atoms with van der Waals surface area (Å²) in [6.07, 6.45) is 5.19. The molecule has 1 saturated carbocycles. The SMILES string of the molecule is O=S(=O)(NC1CCC(CCN2CCN(c3nsc4ccccc34)CC2)CC1)c1cc2ccccc2[nH]1. The van der Waals surface area contributed by atoms with E-state index in [-0.39, 0.29) is 11.1 Å². The number of fused-ring (bicyclic) bond motifs is 2. The Bertz CT molecular complexity index is 1400. The average molecular weight is 524 g/mol. The molecule has 2 aromatic carbocycles. The Kier molecular flexibility index (Phi) is 6.73. The van der Waals surface area contributed by atoms with E-state index in [1.165, 1.54) is 16.5 Å². The zero-order valence-electron chi connectivity index (χ0n) is 20.4. The molecule has 0 spiro atoms. The van der Waals surface area contributed by atoms with Gasteiger partial charge in [0.25, 0.3) is 10.0 Å². The number of hydrogen-bond donors (Lipinski definition) is 2. The number of anilines is 1. The van der Waals surface area contributed by atoms with Gasteiger partial charge in [-0.3, -0.25) is 4.90 Å². The molecule has 4 aromatic rings. The third-order valence-corrected chi connectivity index (χ3v) is 10.1. The molecule has 0 atom stereocenters. The van der Waals surface area contributed by atoms with Crippen molar-refractivity contribution in [2.45, 2.75) is 43.2 Å². The van der Waals surface area contributed by atoms with Gasteiger partial charge >= 0.3 is 0 Å². The van der Waals surface area contributed by atoms with E-state index in [1.807, 2.05) is 24.3 Å². The highest BCUT2D eigenvalue weighted by molar-refractivity contribution is 7.89. The predicted octanol–water partition coefficient (Wildman–Crippen LogP) is 4.83. The topological polar surface area (TPSA) is 81.3 Å². The first-order valence-corrected chi connectivity index (χ1v) is 15.2. The van der Waals surface area contributed by atoms with Crippen LogP contribution in [0.1, 0.15) is 32.1 Å². The maximum Gasteiger partial charge on any atom is 0.256 e. The molecule has 9 heteroatoms. The number of benzene rings is 2. The van der Waals surface area contributed by atoms with Gasteiger partial charge in [-0.1, -0.05) is 30.3 Å². The van der Waals surface area contributed by atoms with Crippen molar-refractivity contribution >= 4 is 48.4 Å². The molecule has 36 heavy (non-hydrogen) atoms. The lowest BCUT2D eigenvalue weighted by molar-refractivity contribution is 0.214. The molecule has 3 heterocycles. The van der Waals surface area contributed by atoms with Gasteiger partial charge in [-0.15, -0.1) is 0 Å². The summed E-state index contributed by atoms with van der Waals surface area (Å²) in [4.78, 5) is 8.06. The molecule has 1 aliphatic heterocycles. The number of aromatic nitrogens is 2. The van der Waals surface area contributed by atoms with Gasteiger partial charge in [-0.05, 0) is 80.4 Å². The molecule has 0 unspecified atom stereocenters. The minimum Gasteiger partial charge on any atom is -0.353 e. The lowest BCUT2D eigenvalue weighted by Crippen LogP contribution is -2.47. The van der Waals surface area contributed by atoms with Crippen molar-refractivity contribution in [3.05, 3.63) is 54.6 Å². The molecule has 1 aliphatic carbocycles. The molecule has 2 aliphatic rings. The number of nitrogens with one attached hydrogen (secondary N) is 2. The molecule has 0 bridgehead atoms. The fourth-order valence-corrected chi connectivity index (χ4v) is 7.82. The first kappa shape index (κ1) is 23.9. The number of H-pyrrole nitrogens is 1. The lowest BCUT2D eigenvalue weighted by Gasteiger charge is -2.36. The fourth-order valence-electron chi connectivity index (χ4n) is 5.69.